The number of piperidine rings is 1. The highest BCUT2D eigenvalue weighted by atomic mass is 16.5. The minimum absolute atomic E-state index is 0.333. The van der Waals surface area contributed by atoms with E-state index >= 15 is 0 Å². The SMILES string of the molecule is CCOC(=O)c1cnn(C)c1COCCN1CCCCC1. The van der Waals surface area contributed by atoms with Crippen molar-refractivity contribution in [3.05, 3.63) is 17.5 Å². The molecule has 1 aromatic heterocycles. The Morgan fingerprint density at radius 3 is 2.81 bits per heavy atom. The Morgan fingerprint density at radius 1 is 1.33 bits per heavy atom. The number of likely N-dealkylation sites (tertiary alicyclic amines) is 1. The summed E-state index contributed by atoms with van der Waals surface area (Å²) in [6.45, 7) is 6.51. The van der Waals surface area contributed by atoms with Crippen molar-refractivity contribution in [3.63, 3.8) is 0 Å². The summed E-state index contributed by atoms with van der Waals surface area (Å²) in [5.41, 5.74) is 1.27. The summed E-state index contributed by atoms with van der Waals surface area (Å²) in [6, 6.07) is 0. The zero-order valence-corrected chi connectivity index (χ0v) is 13.0. The van der Waals surface area contributed by atoms with Crippen molar-refractivity contribution in [3.8, 4) is 0 Å². The summed E-state index contributed by atoms with van der Waals surface area (Å²) in [7, 11) is 1.81. The molecule has 0 radical (unpaired) electrons. The molecule has 1 aromatic rings. The van der Waals surface area contributed by atoms with Crippen LogP contribution in [-0.2, 0) is 23.1 Å². The molecule has 1 fully saturated rings. The van der Waals surface area contributed by atoms with E-state index in [0.29, 0.717) is 25.4 Å². The number of nitrogens with zero attached hydrogens (tertiary/aromatic N) is 3. The molecule has 0 spiro atoms. The predicted molar refractivity (Wildman–Crippen MR) is 79.1 cm³/mol. The number of hydrogen-bond donors (Lipinski definition) is 0. The molecule has 0 bridgehead atoms. The first kappa shape index (κ1) is 16.0. The zero-order valence-electron chi connectivity index (χ0n) is 13.0. The van der Waals surface area contributed by atoms with Crippen LogP contribution >= 0.6 is 0 Å². The minimum Gasteiger partial charge on any atom is -0.462 e. The molecule has 6 heteroatoms. The Morgan fingerprint density at radius 2 is 2.10 bits per heavy atom. The van der Waals surface area contributed by atoms with E-state index in [0.717, 1.165) is 12.2 Å². The molecule has 2 heterocycles. The average molecular weight is 295 g/mol. The number of esters is 1. The number of rotatable bonds is 7. The van der Waals surface area contributed by atoms with E-state index < -0.39 is 0 Å². The number of ether oxygens (including phenoxy) is 2. The lowest BCUT2D eigenvalue weighted by molar-refractivity contribution is 0.0512. The first-order chi connectivity index (χ1) is 10.2. The lowest BCUT2D eigenvalue weighted by atomic mass is 10.1. The fraction of sp³-hybridized carbons (Fsp3) is 0.733. The van der Waals surface area contributed by atoms with Crippen molar-refractivity contribution in [2.24, 2.45) is 7.05 Å². The second-order valence-electron chi connectivity index (χ2n) is 5.30. The van der Waals surface area contributed by atoms with Crippen LogP contribution in [0.5, 0.6) is 0 Å². The van der Waals surface area contributed by atoms with Crippen LogP contribution in [0.1, 0.15) is 42.2 Å². The third-order valence-corrected chi connectivity index (χ3v) is 3.80. The average Bonchev–Trinajstić information content (AvgIpc) is 2.86. The van der Waals surface area contributed by atoms with E-state index in [1.807, 2.05) is 7.05 Å². The summed E-state index contributed by atoms with van der Waals surface area (Å²) in [5.74, 6) is -0.333. The molecule has 21 heavy (non-hydrogen) atoms. The number of carbonyl (C=O) groups is 1. The molecule has 0 saturated carbocycles. The van der Waals surface area contributed by atoms with Gasteiger partial charge in [-0.05, 0) is 32.9 Å². The molecule has 0 unspecified atom stereocenters. The summed E-state index contributed by atoms with van der Waals surface area (Å²) in [5, 5.41) is 4.11. The van der Waals surface area contributed by atoms with Crippen LogP contribution in [0, 0.1) is 0 Å². The second-order valence-corrected chi connectivity index (χ2v) is 5.30. The van der Waals surface area contributed by atoms with Gasteiger partial charge < -0.3 is 14.4 Å². The molecular formula is C15H25N3O3. The number of aromatic nitrogens is 2. The van der Waals surface area contributed by atoms with Crippen molar-refractivity contribution < 1.29 is 14.3 Å². The Balaban J connectivity index is 1.79. The van der Waals surface area contributed by atoms with Gasteiger partial charge in [0.25, 0.3) is 0 Å². The van der Waals surface area contributed by atoms with Crippen molar-refractivity contribution >= 4 is 5.97 Å². The maximum Gasteiger partial charge on any atom is 0.341 e. The normalized spacial score (nSPS) is 16.1. The largest absolute Gasteiger partial charge is 0.462 e. The minimum atomic E-state index is -0.333. The third kappa shape index (κ3) is 4.54. The summed E-state index contributed by atoms with van der Waals surface area (Å²) >= 11 is 0. The summed E-state index contributed by atoms with van der Waals surface area (Å²) < 4.78 is 12.4. The topological polar surface area (TPSA) is 56.6 Å². The fourth-order valence-electron chi connectivity index (χ4n) is 2.56. The molecule has 6 nitrogen and oxygen atoms in total. The molecule has 2 rings (SSSR count). The van der Waals surface area contributed by atoms with Crippen LogP contribution in [0.3, 0.4) is 0 Å². The van der Waals surface area contributed by atoms with Gasteiger partial charge in [0.1, 0.15) is 5.56 Å². The lowest BCUT2D eigenvalue weighted by Crippen LogP contribution is -2.32. The van der Waals surface area contributed by atoms with Gasteiger partial charge in [-0.3, -0.25) is 4.68 Å². The van der Waals surface area contributed by atoms with E-state index in [4.69, 9.17) is 9.47 Å². The van der Waals surface area contributed by atoms with Crippen molar-refractivity contribution in [2.75, 3.05) is 32.8 Å². The van der Waals surface area contributed by atoms with Gasteiger partial charge in [0, 0.05) is 13.6 Å². The zero-order chi connectivity index (χ0) is 15.1. The van der Waals surface area contributed by atoms with Crippen LogP contribution in [0.25, 0.3) is 0 Å². The fourth-order valence-corrected chi connectivity index (χ4v) is 2.56. The molecule has 0 amide bonds. The molecule has 0 aliphatic carbocycles. The molecule has 0 aromatic carbocycles. The quantitative estimate of drug-likeness (QED) is 0.565. The van der Waals surface area contributed by atoms with Gasteiger partial charge in [-0.2, -0.15) is 5.10 Å². The van der Waals surface area contributed by atoms with Crippen LogP contribution in [0.4, 0.5) is 0 Å². The standard InChI is InChI=1S/C15H25N3O3/c1-3-21-15(19)13-11-16-17(2)14(13)12-20-10-9-18-7-5-4-6-8-18/h11H,3-10,12H2,1-2H3. The third-order valence-electron chi connectivity index (χ3n) is 3.80. The lowest BCUT2D eigenvalue weighted by Gasteiger charge is -2.26. The molecule has 1 aliphatic rings. The van der Waals surface area contributed by atoms with E-state index in [1.54, 1.807) is 17.8 Å². The van der Waals surface area contributed by atoms with Gasteiger partial charge in [-0.15, -0.1) is 0 Å². The molecule has 1 saturated heterocycles. The Bertz CT molecular complexity index is 453. The monoisotopic (exact) mass is 295 g/mol. The predicted octanol–water partition coefficient (Wildman–Crippen LogP) is 1.60. The van der Waals surface area contributed by atoms with E-state index in [2.05, 4.69) is 10.00 Å². The molecule has 0 N–H and O–H groups in total. The van der Waals surface area contributed by atoms with Gasteiger partial charge in [0.2, 0.25) is 0 Å². The molecule has 0 atom stereocenters. The van der Waals surface area contributed by atoms with Crippen LogP contribution < -0.4 is 0 Å². The van der Waals surface area contributed by atoms with Crippen molar-refractivity contribution in [2.45, 2.75) is 32.8 Å². The van der Waals surface area contributed by atoms with E-state index in [1.165, 1.54) is 32.4 Å². The van der Waals surface area contributed by atoms with Gasteiger partial charge in [-0.1, -0.05) is 6.42 Å². The van der Waals surface area contributed by atoms with Crippen LogP contribution in [-0.4, -0.2) is 53.5 Å². The maximum atomic E-state index is 11.8. The van der Waals surface area contributed by atoms with Crippen molar-refractivity contribution in [1.29, 1.82) is 0 Å². The number of aryl methyl sites for hydroxylation is 1. The van der Waals surface area contributed by atoms with Gasteiger partial charge in [-0.25, -0.2) is 4.79 Å². The van der Waals surface area contributed by atoms with Gasteiger partial charge >= 0.3 is 5.97 Å². The number of hydrogen-bond acceptors (Lipinski definition) is 5. The van der Waals surface area contributed by atoms with Crippen LogP contribution in [0.2, 0.25) is 0 Å². The van der Waals surface area contributed by atoms with E-state index in [-0.39, 0.29) is 5.97 Å². The first-order valence-electron chi connectivity index (χ1n) is 7.70. The second kappa shape index (κ2) is 8.14. The summed E-state index contributed by atoms with van der Waals surface area (Å²) in [4.78, 5) is 14.2. The highest BCUT2D eigenvalue weighted by molar-refractivity contribution is 5.90. The maximum absolute atomic E-state index is 11.8. The molecule has 1 aliphatic heterocycles. The first-order valence-corrected chi connectivity index (χ1v) is 7.70. The van der Waals surface area contributed by atoms with Gasteiger partial charge in [0.05, 0.1) is 31.7 Å². The Hall–Kier alpha value is -1.40. The summed E-state index contributed by atoms with van der Waals surface area (Å²) in [6.07, 6.45) is 5.46. The number of carbonyl (C=O) groups excluding carboxylic acids is 1. The smallest absolute Gasteiger partial charge is 0.341 e. The van der Waals surface area contributed by atoms with E-state index in [9.17, 15) is 4.79 Å². The van der Waals surface area contributed by atoms with Crippen molar-refractivity contribution in [1.82, 2.24) is 14.7 Å². The highest BCUT2D eigenvalue weighted by Crippen LogP contribution is 2.11. The Labute approximate surface area is 126 Å². The highest BCUT2D eigenvalue weighted by Gasteiger charge is 2.17. The molecular weight excluding hydrogens is 270 g/mol. The van der Waals surface area contributed by atoms with Gasteiger partial charge in [0.15, 0.2) is 0 Å². The van der Waals surface area contributed by atoms with Crippen LogP contribution in [0.15, 0.2) is 6.20 Å². The molecule has 118 valence electrons. The Kier molecular flexibility index (Phi) is 6.20.